The molecule has 0 fully saturated rings. The molecule has 0 aliphatic heterocycles. The van der Waals surface area contributed by atoms with Gasteiger partial charge >= 0.3 is 0 Å². The number of nitrogens with zero attached hydrogens (tertiary/aromatic N) is 5. The van der Waals surface area contributed by atoms with Gasteiger partial charge in [0.2, 0.25) is 5.88 Å². The molecule has 1 aromatic carbocycles. The molecule has 0 spiro atoms. The van der Waals surface area contributed by atoms with Gasteiger partial charge in [-0.15, -0.1) is 10.2 Å². The third-order valence-electron chi connectivity index (χ3n) is 4.69. The van der Waals surface area contributed by atoms with E-state index in [0.29, 0.717) is 37.3 Å². The Bertz CT molecular complexity index is 986. The molecule has 2 heterocycles. The minimum atomic E-state index is 0.521. The molecular weight excluding hydrogens is 406 g/mol. The van der Waals surface area contributed by atoms with Gasteiger partial charge in [0.15, 0.2) is 5.96 Å². The van der Waals surface area contributed by atoms with Gasteiger partial charge in [0.05, 0.1) is 6.61 Å². The van der Waals surface area contributed by atoms with E-state index in [0.717, 1.165) is 36.5 Å². The second-order valence-electron chi connectivity index (χ2n) is 7.04. The molecule has 170 valence electrons. The second-order valence-corrected chi connectivity index (χ2v) is 7.04. The number of hydrogen-bond donors (Lipinski definition) is 2. The van der Waals surface area contributed by atoms with Crippen LogP contribution in [0.4, 0.5) is 0 Å². The van der Waals surface area contributed by atoms with Gasteiger partial charge in [-0.05, 0) is 36.8 Å². The lowest BCUT2D eigenvalue weighted by atomic mass is 10.2. The predicted molar refractivity (Wildman–Crippen MR) is 124 cm³/mol. The number of nitrogens with one attached hydrogen (secondary N) is 2. The van der Waals surface area contributed by atoms with Crippen LogP contribution in [0.15, 0.2) is 53.9 Å². The average molecular weight is 438 g/mol. The van der Waals surface area contributed by atoms with Crippen molar-refractivity contribution in [2.45, 2.75) is 39.8 Å². The van der Waals surface area contributed by atoms with E-state index in [9.17, 15) is 0 Å². The third kappa shape index (κ3) is 6.69. The van der Waals surface area contributed by atoms with Crippen molar-refractivity contribution in [2.24, 2.45) is 4.99 Å². The Kier molecular flexibility index (Phi) is 8.85. The van der Waals surface area contributed by atoms with Gasteiger partial charge in [0, 0.05) is 44.9 Å². The molecule has 0 aliphatic carbocycles. The Balaban J connectivity index is 1.53. The number of guanidine groups is 1. The molecular formula is C23H31N7O2. The summed E-state index contributed by atoms with van der Waals surface area (Å²) in [5.74, 6) is 3.75. The molecule has 0 amide bonds. The van der Waals surface area contributed by atoms with Crippen LogP contribution in [0.2, 0.25) is 0 Å². The maximum Gasteiger partial charge on any atom is 0.224 e. The van der Waals surface area contributed by atoms with Crippen LogP contribution < -0.4 is 20.1 Å². The number of aryl methyl sites for hydroxylation is 1. The number of ether oxygens (including phenoxy) is 2. The summed E-state index contributed by atoms with van der Waals surface area (Å²) in [4.78, 5) is 8.68. The molecule has 0 aliphatic rings. The number of benzene rings is 1. The first-order chi connectivity index (χ1) is 15.7. The lowest BCUT2D eigenvalue weighted by Gasteiger charge is -2.14. The summed E-state index contributed by atoms with van der Waals surface area (Å²) in [5, 5.41) is 14.7. The maximum atomic E-state index is 6.01. The van der Waals surface area contributed by atoms with E-state index in [4.69, 9.17) is 9.47 Å². The van der Waals surface area contributed by atoms with E-state index in [1.807, 2.05) is 41.0 Å². The van der Waals surface area contributed by atoms with Crippen LogP contribution in [0.5, 0.6) is 17.4 Å². The average Bonchev–Trinajstić information content (AvgIpc) is 3.29. The van der Waals surface area contributed by atoms with Crippen molar-refractivity contribution in [1.82, 2.24) is 30.4 Å². The Labute approximate surface area is 188 Å². The zero-order valence-electron chi connectivity index (χ0n) is 18.9. The van der Waals surface area contributed by atoms with Gasteiger partial charge in [-0.3, -0.25) is 4.99 Å². The van der Waals surface area contributed by atoms with E-state index in [1.54, 1.807) is 19.6 Å². The summed E-state index contributed by atoms with van der Waals surface area (Å²) in [6, 6.07) is 11.4. The number of pyridine rings is 1. The Morgan fingerprint density at radius 3 is 2.66 bits per heavy atom. The highest BCUT2D eigenvalue weighted by Crippen LogP contribution is 2.25. The van der Waals surface area contributed by atoms with Crippen molar-refractivity contribution in [1.29, 1.82) is 0 Å². The van der Waals surface area contributed by atoms with Gasteiger partial charge in [0.1, 0.15) is 23.7 Å². The van der Waals surface area contributed by atoms with Gasteiger partial charge in [-0.2, -0.15) is 0 Å². The molecule has 0 unspecified atom stereocenters. The van der Waals surface area contributed by atoms with Crippen LogP contribution in [0.25, 0.3) is 0 Å². The molecule has 0 radical (unpaired) electrons. The Morgan fingerprint density at radius 1 is 1.09 bits per heavy atom. The topological polar surface area (TPSA) is 98.5 Å². The van der Waals surface area contributed by atoms with E-state index in [2.05, 4.69) is 44.7 Å². The van der Waals surface area contributed by atoms with Crippen molar-refractivity contribution < 1.29 is 9.47 Å². The molecule has 3 rings (SSSR count). The Hall–Kier alpha value is -3.62. The summed E-state index contributed by atoms with van der Waals surface area (Å²) in [5.41, 5.74) is 0.925. The standard InChI is InChI=1S/C23H31N7O2/c1-4-15-31-19-8-10-20(11-9-19)32-22-18(7-6-12-25-22)16-27-23(24-3)26-13-14-30-17-28-29-21(30)5-2/h6-12,17H,4-5,13-16H2,1-3H3,(H2,24,26,27). The molecule has 3 aromatic rings. The fourth-order valence-corrected chi connectivity index (χ4v) is 3.02. The molecule has 0 atom stereocenters. The lowest BCUT2D eigenvalue weighted by molar-refractivity contribution is 0.317. The smallest absolute Gasteiger partial charge is 0.224 e. The molecule has 32 heavy (non-hydrogen) atoms. The Morgan fingerprint density at radius 2 is 1.91 bits per heavy atom. The maximum absolute atomic E-state index is 6.01. The molecule has 0 bridgehead atoms. The molecule has 0 saturated heterocycles. The van der Waals surface area contributed by atoms with Crippen molar-refractivity contribution in [2.75, 3.05) is 20.2 Å². The molecule has 0 saturated carbocycles. The number of hydrogen-bond acceptors (Lipinski definition) is 6. The normalized spacial score (nSPS) is 11.3. The number of aromatic nitrogens is 4. The first kappa shape index (κ1) is 23.1. The SMILES string of the molecule is CCCOc1ccc(Oc2ncccc2CNC(=NC)NCCn2cnnc2CC)cc1. The lowest BCUT2D eigenvalue weighted by Crippen LogP contribution is -2.38. The van der Waals surface area contributed by atoms with Crippen molar-refractivity contribution in [3.05, 3.63) is 60.3 Å². The third-order valence-corrected chi connectivity index (χ3v) is 4.69. The van der Waals surface area contributed by atoms with Crippen LogP contribution in [-0.2, 0) is 19.5 Å². The van der Waals surface area contributed by atoms with Crippen molar-refractivity contribution >= 4 is 5.96 Å². The zero-order chi connectivity index (χ0) is 22.6. The fourth-order valence-electron chi connectivity index (χ4n) is 3.02. The highest BCUT2D eigenvalue weighted by molar-refractivity contribution is 5.79. The van der Waals surface area contributed by atoms with Crippen LogP contribution in [0.3, 0.4) is 0 Å². The van der Waals surface area contributed by atoms with Crippen LogP contribution in [0, 0.1) is 0 Å². The van der Waals surface area contributed by atoms with Crippen molar-refractivity contribution in [3.8, 4) is 17.4 Å². The zero-order valence-corrected chi connectivity index (χ0v) is 18.9. The van der Waals surface area contributed by atoms with E-state index < -0.39 is 0 Å². The monoisotopic (exact) mass is 437 g/mol. The molecule has 2 aromatic heterocycles. The first-order valence-corrected chi connectivity index (χ1v) is 10.9. The minimum Gasteiger partial charge on any atom is -0.494 e. The van der Waals surface area contributed by atoms with Gasteiger partial charge in [-0.1, -0.05) is 19.9 Å². The summed E-state index contributed by atoms with van der Waals surface area (Å²) in [7, 11) is 1.74. The summed E-state index contributed by atoms with van der Waals surface area (Å²) in [6.45, 7) is 6.83. The van der Waals surface area contributed by atoms with E-state index >= 15 is 0 Å². The largest absolute Gasteiger partial charge is 0.494 e. The van der Waals surface area contributed by atoms with Gasteiger partial charge in [0.25, 0.3) is 0 Å². The highest BCUT2D eigenvalue weighted by atomic mass is 16.5. The van der Waals surface area contributed by atoms with Crippen LogP contribution >= 0.6 is 0 Å². The van der Waals surface area contributed by atoms with E-state index in [-0.39, 0.29) is 0 Å². The van der Waals surface area contributed by atoms with Gasteiger partial charge in [-0.25, -0.2) is 4.98 Å². The number of aliphatic imine (C=N–C) groups is 1. The summed E-state index contributed by atoms with van der Waals surface area (Å²) in [6.07, 6.45) is 5.29. The first-order valence-electron chi connectivity index (χ1n) is 10.9. The predicted octanol–water partition coefficient (Wildman–Crippen LogP) is 3.18. The molecule has 9 heteroatoms. The van der Waals surface area contributed by atoms with Crippen LogP contribution in [0.1, 0.15) is 31.7 Å². The molecule has 9 nitrogen and oxygen atoms in total. The minimum absolute atomic E-state index is 0.521. The fraction of sp³-hybridized carbons (Fsp3) is 0.391. The highest BCUT2D eigenvalue weighted by Gasteiger charge is 2.08. The molecule has 2 N–H and O–H groups in total. The number of rotatable bonds is 11. The second kappa shape index (κ2) is 12.3. The summed E-state index contributed by atoms with van der Waals surface area (Å²) >= 11 is 0. The van der Waals surface area contributed by atoms with E-state index in [1.165, 1.54) is 0 Å². The van der Waals surface area contributed by atoms with Gasteiger partial charge < -0.3 is 24.7 Å². The van der Waals surface area contributed by atoms with Crippen molar-refractivity contribution in [3.63, 3.8) is 0 Å². The quantitative estimate of drug-likeness (QED) is 0.351. The van der Waals surface area contributed by atoms with Crippen LogP contribution in [-0.4, -0.2) is 45.9 Å². The summed E-state index contributed by atoms with van der Waals surface area (Å²) < 4.78 is 13.7.